The van der Waals surface area contributed by atoms with Crippen LogP contribution in [0.3, 0.4) is 0 Å². The minimum absolute atomic E-state index is 0.0765. The normalized spacial score (nSPS) is 9.71. The molecule has 3 nitrogen and oxygen atoms in total. The largest absolute Gasteiger partial charge is 0.301 e. The van der Waals surface area contributed by atoms with Gasteiger partial charge >= 0.3 is 0 Å². The molecule has 0 radical (unpaired) electrons. The molecule has 0 spiro atoms. The maximum absolute atomic E-state index is 11.1. The Labute approximate surface area is 100 Å². The van der Waals surface area contributed by atoms with Crippen LogP contribution in [-0.2, 0) is 0 Å². The zero-order valence-electron chi connectivity index (χ0n) is 9.60. The predicted octanol–water partition coefficient (Wildman–Crippen LogP) is 3.33. The van der Waals surface area contributed by atoms with Crippen molar-refractivity contribution >= 4 is 17.2 Å². The lowest BCUT2D eigenvalue weighted by atomic mass is 10.1. The monoisotopic (exact) mass is 226 g/mol. The lowest BCUT2D eigenvalue weighted by Gasteiger charge is -2.09. The Hall–Kier alpha value is -2.29. The number of rotatable bonds is 4. The zero-order valence-corrected chi connectivity index (χ0v) is 9.60. The highest BCUT2D eigenvalue weighted by atomic mass is 16.1. The number of carbonyl (C=O) groups excluding carboxylic acids is 1. The summed E-state index contributed by atoms with van der Waals surface area (Å²) in [5.41, 5.74) is 8.76. The molecule has 0 saturated heterocycles. The summed E-state index contributed by atoms with van der Waals surface area (Å²) in [4.78, 5) is 11.1. The molecule has 0 unspecified atom stereocenters. The number of hydrogen-bond donors (Lipinski definition) is 2. The first-order valence-corrected chi connectivity index (χ1v) is 5.44. The average molecular weight is 226 g/mol. The van der Waals surface area contributed by atoms with Crippen LogP contribution in [0.4, 0.5) is 11.4 Å². The molecule has 0 amide bonds. The maximum Gasteiger partial charge on any atom is 0.159 e. The molecule has 3 heteroatoms. The van der Waals surface area contributed by atoms with Crippen LogP contribution in [0.5, 0.6) is 0 Å². The van der Waals surface area contributed by atoms with Gasteiger partial charge in [-0.15, -0.1) is 0 Å². The number of para-hydroxylation sites is 1. The Bertz CT molecular complexity index is 491. The third-order valence-electron chi connectivity index (χ3n) is 2.42. The fraction of sp³-hybridized carbons (Fsp3) is 0.0714. The van der Waals surface area contributed by atoms with E-state index in [1.54, 1.807) is 19.1 Å². The molecule has 0 aromatic heterocycles. The number of hydrogen-bond acceptors (Lipinski definition) is 3. The summed E-state index contributed by atoms with van der Waals surface area (Å²) in [6.45, 7) is 1.56. The van der Waals surface area contributed by atoms with Crippen molar-refractivity contribution in [3.05, 3.63) is 60.2 Å². The average Bonchev–Trinajstić information content (AvgIpc) is 2.38. The third kappa shape index (κ3) is 3.08. The summed E-state index contributed by atoms with van der Waals surface area (Å²) in [7, 11) is 0. The van der Waals surface area contributed by atoms with E-state index in [1.807, 2.05) is 42.5 Å². The quantitative estimate of drug-likeness (QED) is 0.620. The number of anilines is 2. The van der Waals surface area contributed by atoms with E-state index in [4.69, 9.17) is 0 Å². The predicted molar refractivity (Wildman–Crippen MR) is 70.1 cm³/mol. The van der Waals surface area contributed by atoms with Crippen molar-refractivity contribution in [3.63, 3.8) is 0 Å². The minimum Gasteiger partial charge on any atom is -0.301 e. The van der Waals surface area contributed by atoms with Gasteiger partial charge in [0.1, 0.15) is 0 Å². The third-order valence-corrected chi connectivity index (χ3v) is 2.42. The standard InChI is InChI=1S/C14H14N2O/c1-11(17)12-7-9-14(10-8-12)16-15-13-5-3-2-4-6-13/h2-10,15-16H,1H3. The van der Waals surface area contributed by atoms with Crippen molar-refractivity contribution in [1.29, 1.82) is 0 Å². The summed E-state index contributed by atoms with van der Waals surface area (Å²) >= 11 is 0. The second-order valence-electron chi connectivity index (χ2n) is 3.75. The summed E-state index contributed by atoms with van der Waals surface area (Å²) in [5.74, 6) is 0.0765. The van der Waals surface area contributed by atoms with Crippen molar-refractivity contribution in [2.24, 2.45) is 0 Å². The van der Waals surface area contributed by atoms with Crippen molar-refractivity contribution < 1.29 is 4.79 Å². The fourth-order valence-electron chi connectivity index (χ4n) is 1.45. The maximum atomic E-state index is 11.1. The molecule has 2 aromatic rings. The van der Waals surface area contributed by atoms with Gasteiger partial charge in [0.05, 0.1) is 11.4 Å². The van der Waals surface area contributed by atoms with Gasteiger partial charge < -0.3 is 10.9 Å². The van der Waals surface area contributed by atoms with Gasteiger partial charge in [-0.2, -0.15) is 0 Å². The number of Topliss-reactive ketones (excluding diaryl/α,β-unsaturated/α-hetero) is 1. The molecule has 2 N–H and O–H groups in total. The van der Waals surface area contributed by atoms with Crippen molar-refractivity contribution in [3.8, 4) is 0 Å². The minimum atomic E-state index is 0.0765. The van der Waals surface area contributed by atoms with E-state index < -0.39 is 0 Å². The Morgan fingerprint density at radius 2 is 1.35 bits per heavy atom. The lowest BCUT2D eigenvalue weighted by Crippen LogP contribution is -2.08. The van der Waals surface area contributed by atoms with E-state index in [-0.39, 0.29) is 5.78 Å². The number of nitrogens with one attached hydrogen (secondary N) is 2. The lowest BCUT2D eigenvalue weighted by molar-refractivity contribution is 0.101. The van der Waals surface area contributed by atoms with E-state index in [9.17, 15) is 4.79 Å². The van der Waals surface area contributed by atoms with E-state index in [1.165, 1.54) is 0 Å². The first kappa shape index (κ1) is 11.2. The molecule has 0 saturated carbocycles. The van der Waals surface area contributed by atoms with Crippen LogP contribution in [0, 0.1) is 0 Å². The summed E-state index contributed by atoms with van der Waals surface area (Å²) < 4.78 is 0. The van der Waals surface area contributed by atoms with Gasteiger partial charge in [-0.3, -0.25) is 4.79 Å². The van der Waals surface area contributed by atoms with Crippen LogP contribution < -0.4 is 10.9 Å². The van der Waals surface area contributed by atoms with Gasteiger partial charge in [-0.1, -0.05) is 18.2 Å². The Kier molecular flexibility index (Phi) is 3.40. The Balaban J connectivity index is 1.98. The van der Waals surface area contributed by atoms with Crippen LogP contribution in [0.2, 0.25) is 0 Å². The SMILES string of the molecule is CC(=O)c1ccc(NNc2ccccc2)cc1. The molecule has 0 fully saturated rings. The first-order chi connectivity index (χ1) is 8.25. The molecule has 2 rings (SSSR count). The second-order valence-corrected chi connectivity index (χ2v) is 3.75. The van der Waals surface area contributed by atoms with Crippen molar-refractivity contribution in [1.82, 2.24) is 0 Å². The summed E-state index contributed by atoms with van der Waals surface area (Å²) in [6.07, 6.45) is 0. The number of hydrazine groups is 1. The molecular formula is C14H14N2O. The van der Waals surface area contributed by atoms with E-state index in [0.29, 0.717) is 0 Å². The molecule has 0 bridgehead atoms. The molecular weight excluding hydrogens is 212 g/mol. The van der Waals surface area contributed by atoms with Gasteiger partial charge in [0.25, 0.3) is 0 Å². The second kappa shape index (κ2) is 5.16. The fourth-order valence-corrected chi connectivity index (χ4v) is 1.45. The van der Waals surface area contributed by atoms with Gasteiger partial charge in [0.15, 0.2) is 5.78 Å². The van der Waals surface area contributed by atoms with Gasteiger partial charge in [-0.25, -0.2) is 0 Å². The van der Waals surface area contributed by atoms with Crippen LogP contribution in [0.25, 0.3) is 0 Å². The Morgan fingerprint density at radius 1 is 0.824 bits per heavy atom. The molecule has 0 heterocycles. The highest BCUT2D eigenvalue weighted by molar-refractivity contribution is 5.94. The molecule has 0 atom stereocenters. The summed E-state index contributed by atoms with van der Waals surface area (Å²) in [6, 6.07) is 17.2. The van der Waals surface area contributed by atoms with E-state index in [0.717, 1.165) is 16.9 Å². The van der Waals surface area contributed by atoms with Gasteiger partial charge in [0.2, 0.25) is 0 Å². The van der Waals surface area contributed by atoms with E-state index >= 15 is 0 Å². The molecule has 86 valence electrons. The van der Waals surface area contributed by atoms with E-state index in [2.05, 4.69) is 10.9 Å². The van der Waals surface area contributed by atoms with Crippen LogP contribution in [0.15, 0.2) is 54.6 Å². The van der Waals surface area contributed by atoms with Crippen LogP contribution >= 0.6 is 0 Å². The van der Waals surface area contributed by atoms with Crippen molar-refractivity contribution in [2.45, 2.75) is 6.92 Å². The zero-order chi connectivity index (χ0) is 12.1. The molecule has 0 aliphatic heterocycles. The highest BCUT2D eigenvalue weighted by Crippen LogP contribution is 2.11. The highest BCUT2D eigenvalue weighted by Gasteiger charge is 1.98. The molecule has 17 heavy (non-hydrogen) atoms. The summed E-state index contributed by atoms with van der Waals surface area (Å²) in [5, 5.41) is 0. The van der Waals surface area contributed by atoms with Gasteiger partial charge in [0, 0.05) is 5.56 Å². The smallest absolute Gasteiger partial charge is 0.159 e. The Morgan fingerprint density at radius 3 is 1.88 bits per heavy atom. The first-order valence-electron chi connectivity index (χ1n) is 5.44. The molecule has 2 aromatic carbocycles. The number of carbonyl (C=O) groups is 1. The molecule has 0 aliphatic rings. The number of ketones is 1. The topological polar surface area (TPSA) is 41.1 Å². The van der Waals surface area contributed by atoms with Crippen LogP contribution in [-0.4, -0.2) is 5.78 Å². The van der Waals surface area contributed by atoms with Gasteiger partial charge in [-0.05, 0) is 43.3 Å². The number of benzene rings is 2. The van der Waals surface area contributed by atoms with Crippen LogP contribution in [0.1, 0.15) is 17.3 Å². The van der Waals surface area contributed by atoms with Crippen molar-refractivity contribution in [2.75, 3.05) is 10.9 Å². The molecule has 0 aliphatic carbocycles.